The van der Waals surface area contributed by atoms with Crippen LogP contribution in [0.3, 0.4) is 0 Å². The smallest absolute Gasteiger partial charge is 0.0540 e. The molecule has 1 heterocycles. The Bertz CT molecular complexity index is 3360. The first-order valence-electron chi connectivity index (χ1n) is 19.2. The van der Waals surface area contributed by atoms with Crippen LogP contribution < -0.4 is 4.90 Å². The highest BCUT2D eigenvalue weighted by Crippen LogP contribution is 2.45. The van der Waals surface area contributed by atoms with Crippen molar-refractivity contribution < 1.29 is 0 Å². The molecule has 0 spiro atoms. The highest BCUT2D eigenvalue weighted by Gasteiger charge is 2.19. The van der Waals surface area contributed by atoms with Crippen LogP contribution in [0.25, 0.3) is 85.2 Å². The average Bonchev–Trinajstić information content (AvgIpc) is 3.64. The van der Waals surface area contributed by atoms with Gasteiger partial charge in [0.1, 0.15) is 0 Å². The second-order valence-corrected chi connectivity index (χ2v) is 15.5. The predicted molar refractivity (Wildman–Crippen MR) is 245 cm³/mol. The number of hydrogen-bond acceptors (Lipinski definition) is 2. The van der Waals surface area contributed by atoms with E-state index in [1.165, 1.54) is 85.2 Å². The largest absolute Gasteiger partial charge is 0.310 e. The summed E-state index contributed by atoms with van der Waals surface area (Å²) in [6.45, 7) is 0. The van der Waals surface area contributed by atoms with Crippen molar-refractivity contribution in [3.8, 4) is 11.1 Å². The third-order valence-electron chi connectivity index (χ3n) is 11.3. The van der Waals surface area contributed by atoms with E-state index in [9.17, 15) is 0 Å². The van der Waals surface area contributed by atoms with Gasteiger partial charge in [0.05, 0.1) is 5.69 Å². The summed E-state index contributed by atoms with van der Waals surface area (Å²) in [5.41, 5.74) is 5.70. The monoisotopic (exact) mass is 729 g/mol. The van der Waals surface area contributed by atoms with E-state index in [4.69, 9.17) is 0 Å². The lowest BCUT2D eigenvalue weighted by atomic mass is 9.93. The molecule has 0 atom stereocenters. The van der Waals surface area contributed by atoms with Crippen LogP contribution in [-0.4, -0.2) is 0 Å². The molecule has 0 radical (unpaired) electrons. The van der Waals surface area contributed by atoms with Gasteiger partial charge >= 0.3 is 0 Å². The van der Waals surface area contributed by atoms with E-state index in [-0.39, 0.29) is 0 Å². The SMILES string of the molecule is c1ccc(-c2ccccc2N(c2ccccc2)c2ccc3c(c2)c2ccccc2c2ccccc2c2ccccc2c2cc4c(cc32)sc2ccccc24)cc1. The summed E-state index contributed by atoms with van der Waals surface area (Å²) in [5, 5.41) is 14.9. The fraction of sp³-hybridized carbons (Fsp3) is 0. The number of hydrogen-bond donors (Lipinski definition) is 0. The molecule has 2 heteroatoms. The summed E-state index contributed by atoms with van der Waals surface area (Å²) in [7, 11) is 0. The van der Waals surface area contributed by atoms with E-state index >= 15 is 0 Å². The molecule has 0 aliphatic heterocycles. The Balaban J connectivity index is 1.35. The van der Waals surface area contributed by atoms with Crippen LogP contribution in [0, 0.1) is 0 Å². The van der Waals surface area contributed by atoms with Crippen LogP contribution in [-0.2, 0) is 0 Å². The number of para-hydroxylation sites is 2. The first-order chi connectivity index (χ1) is 27.8. The quantitative estimate of drug-likeness (QED) is 0.174. The minimum absolute atomic E-state index is 1.10. The van der Waals surface area contributed by atoms with Crippen molar-refractivity contribution in [2.45, 2.75) is 0 Å². The van der Waals surface area contributed by atoms with Gasteiger partial charge in [-0.2, -0.15) is 0 Å². The molecule has 262 valence electrons. The Kier molecular flexibility index (Phi) is 7.75. The van der Waals surface area contributed by atoms with Gasteiger partial charge in [-0.15, -0.1) is 11.3 Å². The second kappa shape index (κ2) is 13.4. The molecule has 0 saturated carbocycles. The van der Waals surface area contributed by atoms with Crippen LogP contribution in [0.1, 0.15) is 0 Å². The van der Waals surface area contributed by atoms with E-state index < -0.39 is 0 Å². The van der Waals surface area contributed by atoms with E-state index in [0.717, 1.165) is 17.1 Å². The van der Waals surface area contributed by atoms with Crippen molar-refractivity contribution in [3.05, 3.63) is 212 Å². The lowest BCUT2D eigenvalue weighted by molar-refractivity contribution is 1.29. The Labute approximate surface area is 329 Å². The van der Waals surface area contributed by atoms with Gasteiger partial charge in [0.25, 0.3) is 0 Å². The maximum absolute atomic E-state index is 2.46. The molecule has 0 saturated heterocycles. The van der Waals surface area contributed by atoms with Gasteiger partial charge in [0.2, 0.25) is 0 Å². The summed E-state index contributed by atoms with van der Waals surface area (Å²) < 4.78 is 2.61. The number of benzene rings is 9. The molecule has 0 unspecified atom stereocenters. The molecule has 0 N–H and O–H groups in total. The molecule has 56 heavy (non-hydrogen) atoms. The van der Waals surface area contributed by atoms with E-state index in [1.807, 2.05) is 11.3 Å². The standard InChI is InChI=1S/C54H35NS/c1-3-17-36(18-4-1)39-21-13-15-29-52(39)55(37-19-5-2-6-20-37)38-31-32-46-48(33-38)44-26-11-9-24-42(44)40-22-7-8-23-41(40)43-25-10-12-27-45(43)49-34-51-47-28-14-16-30-53(47)56-54(51)35-50(46)49/h1-35H. The van der Waals surface area contributed by atoms with Crippen LogP contribution in [0.2, 0.25) is 0 Å². The summed E-state index contributed by atoms with van der Waals surface area (Å²) in [4.78, 5) is 2.42. The fourth-order valence-corrected chi connectivity index (χ4v) is 9.87. The molecular weight excluding hydrogens is 695 g/mol. The van der Waals surface area contributed by atoms with Crippen molar-refractivity contribution in [2.75, 3.05) is 4.90 Å². The third-order valence-corrected chi connectivity index (χ3v) is 12.4. The number of fused-ring (bicyclic) bond motifs is 13. The molecule has 0 fully saturated rings. The van der Waals surface area contributed by atoms with Gasteiger partial charge in [0, 0.05) is 37.1 Å². The maximum atomic E-state index is 2.46. The number of nitrogens with zero attached hydrogens (tertiary/aromatic N) is 1. The molecule has 0 aliphatic carbocycles. The van der Waals surface area contributed by atoms with Crippen molar-refractivity contribution in [3.63, 3.8) is 0 Å². The summed E-state index contributed by atoms with van der Waals surface area (Å²) >= 11 is 1.88. The number of thiophene rings is 1. The average molecular weight is 730 g/mol. The van der Waals surface area contributed by atoms with E-state index in [1.54, 1.807) is 0 Å². The maximum Gasteiger partial charge on any atom is 0.0540 e. The topological polar surface area (TPSA) is 3.24 Å². The first-order valence-corrected chi connectivity index (χ1v) is 20.0. The van der Waals surface area contributed by atoms with Crippen LogP contribution in [0.5, 0.6) is 0 Å². The molecule has 11 aromatic rings. The third kappa shape index (κ3) is 5.30. The van der Waals surface area contributed by atoms with Gasteiger partial charge in [-0.25, -0.2) is 0 Å². The Morgan fingerprint density at radius 2 is 0.732 bits per heavy atom. The van der Waals surface area contributed by atoms with Crippen molar-refractivity contribution in [1.82, 2.24) is 0 Å². The molecule has 1 nitrogen and oxygen atoms in total. The lowest BCUT2D eigenvalue weighted by Gasteiger charge is -2.28. The van der Waals surface area contributed by atoms with Crippen LogP contribution in [0.4, 0.5) is 17.1 Å². The van der Waals surface area contributed by atoms with Gasteiger partial charge < -0.3 is 4.90 Å². The van der Waals surface area contributed by atoms with Gasteiger partial charge in [-0.05, 0) is 108 Å². The van der Waals surface area contributed by atoms with Gasteiger partial charge in [-0.1, -0.05) is 164 Å². The highest BCUT2D eigenvalue weighted by molar-refractivity contribution is 7.25. The zero-order valence-electron chi connectivity index (χ0n) is 30.6. The number of anilines is 3. The Hall–Kier alpha value is -7.00. The molecule has 11 rings (SSSR count). The minimum Gasteiger partial charge on any atom is -0.310 e. The Morgan fingerprint density at radius 3 is 1.38 bits per heavy atom. The summed E-state index contributed by atoms with van der Waals surface area (Å²) in [6, 6.07) is 78.0. The second-order valence-electron chi connectivity index (χ2n) is 14.4. The normalized spacial score (nSPS) is 11.6. The van der Waals surface area contributed by atoms with E-state index in [2.05, 4.69) is 217 Å². The predicted octanol–water partition coefficient (Wildman–Crippen LogP) is 16.1. The van der Waals surface area contributed by atoms with Crippen LogP contribution in [0.15, 0.2) is 212 Å². The van der Waals surface area contributed by atoms with Crippen molar-refractivity contribution >= 4 is 102 Å². The molecule has 0 bridgehead atoms. The van der Waals surface area contributed by atoms with E-state index in [0.29, 0.717) is 0 Å². The number of rotatable bonds is 4. The highest BCUT2D eigenvalue weighted by atomic mass is 32.1. The fourth-order valence-electron chi connectivity index (χ4n) is 8.74. The van der Waals surface area contributed by atoms with Crippen molar-refractivity contribution in [1.29, 1.82) is 0 Å². The van der Waals surface area contributed by atoms with Gasteiger partial charge in [-0.3, -0.25) is 0 Å². The molecule has 10 aromatic carbocycles. The van der Waals surface area contributed by atoms with Crippen LogP contribution >= 0.6 is 11.3 Å². The first kappa shape index (κ1) is 32.4. The lowest BCUT2D eigenvalue weighted by Crippen LogP contribution is -2.11. The summed E-state index contributed by atoms with van der Waals surface area (Å²) in [5.74, 6) is 0. The molecular formula is C54H35NS. The summed E-state index contributed by atoms with van der Waals surface area (Å²) in [6.07, 6.45) is 0. The minimum atomic E-state index is 1.10. The zero-order valence-corrected chi connectivity index (χ0v) is 31.4. The molecule has 0 aliphatic rings. The van der Waals surface area contributed by atoms with Crippen molar-refractivity contribution in [2.24, 2.45) is 0 Å². The molecule has 1 aromatic heterocycles. The zero-order chi connectivity index (χ0) is 37.0. The van der Waals surface area contributed by atoms with Gasteiger partial charge in [0.15, 0.2) is 0 Å². The molecule has 0 amide bonds. The Morgan fingerprint density at radius 1 is 0.268 bits per heavy atom.